The molecule has 0 radical (unpaired) electrons. The zero-order valence-electron chi connectivity index (χ0n) is 13.1. The molecule has 0 atom stereocenters. The average Bonchev–Trinajstić information content (AvgIpc) is 2.13. The molecule has 0 aliphatic rings. The third-order valence-corrected chi connectivity index (χ3v) is 3.41. The van der Waals surface area contributed by atoms with Gasteiger partial charge in [0.05, 0.1) is 0 Å². The maximum atomic E-state index is 6.14. The molecule has 0 saturated carbocycles. The summed E-state index contributed by atoms with van der Waals surface area (Å²) in [5.74, 6) is 2.10. The highest BCUT2D eigenvalue weighted by Crippen LogP contribution is 2.30. The summed E-state index contributed by atoms with van der Waals surface area (Å²) >= 11 is 0. The zero-order valence-corrected chi connectivity index (χ0v) is 13.1. The van der Waals surface area contributed by atoms with Gasteiger partial charge in [0.1, 0.15) is 0 Å². The molecule has 0 aliphatic heterocycles. The van der Waals surface area contributed by atoms with Crippen LogP contribution in [0, 0.1) is 17.8 Å². The lowest BCUT2D eigenvalue weighted by atomic mass is 9.80. The van der Waals surface area contributed by atoms with Crippen molar-refractivity contribution in [2.45, 2.75) is 59.9 Å². The fourth-order valence-electron chi connectivity index (χ4n) is 2.98. The van der Waals surface area contributed by atoms with Gasteiger partial charge in [-0.1, -0.05) is 41.5 Å². The van der Waals surface area contributed by atoms with Crippen molar-refractivity contribution < 1.29 is 0 Å². The van der Waals surface area contributed by atoms with Crippen LogP contribution in [-0.4, -0.2) is 30.6 Å². The van der Waals surface area contributed by atoms with Crippen LogP contribution >= 0.6 is 0 Å². The molecule has 0 aromatic carbocycles. The van der Waals surface area contributed by atoms with Gasteiger partial charge in [0, 0.05) is 18.6 Å². The Morgan fingerprint density at radius 3 is 1.53 bits per heavy atom. The van der Waals surface area contributed by atoms with Crippen LogP contribution in [0.15, 0.2) is 0 Å². The van der Waals surface area contributed by atoms with E-state index in [9.17, 15) is 0 Å². The standard InChI is InChI=1S/C15H34N2/c1-12(2)8-15(11-16,9-13(3)4)17(7)10-14(5)6/h12-14H,8-11,16H2,1-7H3. The van der Waals surface area contributed by atoms with Crippen molar-refractivity contribution in [3.05, 3.63) is 0 Å². The number of likely N-dealkylation sites (N-methyl/N-ethyl adjacent to an activating group) is 1. The lowest BCUT2D eigenvalue weighted by molar-refractivity contribution is 0.0678. The van der Waals surface area contributed by atoms with Gasteiger partial charge >= 0.3 is 0 Å². The third kappa shape index (κ3) is 5.87. The topological polar surface area (TPSA) is 29.3 Å². The summed E-state index contributed by atoms with van der Waals surface area (Å²) in [5, 5.41) is 0. The first-order valence-corrected chi connectivity index (χ1v) is 7.14. The lowest BCUT2D eigenvalue weighted by Crippen LogP contribution is -2.54. The largest absolute Gasteiger partial charge is 0.329 e. The van der Waals surface area contributed by atoms with Gasteiger partial charge in [0.15, 0.2) is 0 Å². The Morgan fingerprint density at radius 1 is 0.882 bits per heavy atom. The molecular weight excluding hydrogens is 208 g/mol. The molecule has 0 fully saturated rings. The molecule has 2 N–H and O–H groups in total. The number of rotatable bonds is 8. The second-order valence-electron chi connectivity index (χ2n) is 6.90. The normalized spacial score (nSPS) is 13.4. The SMILES string of the molecule is CC(C)CN(C)C(CN)(CC(C)C)CC(C)C. The van der Waals surface area contributed by atoms with Crippen LogP contribution in [0.1, 0.15) is 54.4 Å². The first kappa shape index (κ1) is 16.9. The third-order valence-electron chi connectivity index (χ3n) is 3.41. The highest BCUT2D eigenvalue weighted by atomic mass is 15.2. The molecule has 0 bridgehead atoms. The molecule has 2 heteroatoms. The molecule has 0 amide bonds. The predicted molar refractivity (Wildman–Crippen MR) is 78.2 cm³/mol. The van der Waals surface area contributed by atoms with E-state index in [-0.39, 0.29) is 5.54 Å². The number of hydrogen-bond donors (Lipinski definition) is 1. The van der Waals surface area contributed by atoms with Gasteiger partial charge < -0.3 is 5.73 Å². The van der Waals surface area contributed by atoms with Gasteiger partial charge in [0.25, 0.3) is 0 Å². The van der Waals surface area contributed by atoms with Crippen molar-refractivity contribution in [1.82, 2.24) is 4.90 Å². The Morgan fingerprint density at radius 2 is 1.29 bits per heavy atom. The van der Waals surface area contributed by atoms with Crippen LogP contribution in [0.2, 0.25) is 0 Å². The second kappa shape index (κ2) is 7.38. The molecule has 0 aromatic heterocycles. The molecule has 0 aliphatic carbocycles. The second-order valence-corrected chi connectivity index (χ2v) is 6.90. The molecule has 0 heterocycles. The fraction of sp³-hybridized carbons (Fsp3) is 1.00. The van der Waals surface area contributed by atoms with Crippen molar-refractivity contribution in [1.29, 1.82) is 0 Å². The zero-order chi connectivity index (χ0) is 13.6. The Kier molecular flexibility index (Phi) is 7.34. The van der Waals surface area contributed by atoms with Crippen LogP contribution in [0.3, 0.4) is 0 Å². The van der Waals surface area contributed by atoms with Crippen LogP contribution < -0.4 is 5.73 Å². The molecule has 0 saturated heterocycles. The van der Waals surface area contributed by atoms with Gasteiger partial charge in [-0.2, -0.15) is 0 Å². The smallest absolute Gasteiger partial charge is 0.0333 e. The molecule has 2 nitrogen and oxygen atoms in total. The van der Waals surface area contributed by atoms with E-state index in [4.69, 9.17) is 5.73 Å². The van der Waals surface area contributed by atoms with E-state index < -0.39 is 0 Å². The summed E-state index contributed by atoms with van der Waals surface area (Å²) in [5.41, 5.74) is 6.33. The molecule has 0 unspecified atom stereocenters. The van der Waals surface area contributed by atoms with Crippen LogP contribution in [0.4, 0.5) is 0 Å². The Labute approximate surface area is 109 Å². The number of nitrogens with two attached hydrogens (primary N) is 1. The molecule has 104 valence electrons. The molecule has 17 heavy (non-hydrogen) atoms. The minimum atomic E-state index is 0.187. The van der Waals surface area contributed by atoms with Crippen LogP contribution in [-0.2, 0) is 0 Å². The van der Waals surface area contributed by atoms with Crippen LogP contribution in [0.5, 0.6) is 0 Å². The first-order chi connectivity index (χ1) is 7.73. The van der Waals surface area contributed by atoms with E-state index >= 15 is 0 Å². The molecule has 0 aromatic rings. The van der Waals surface area contributed by atoms with Crippen molar-refractivity contribution in [3.8, 4) is 0 Å². The van der Waals surface area contributed by atoms with Gasteiger partial charge in [-0.05, 0) is 37.6 Å². The van der Waals surface area contributed by atoms with E-state index in [1.54, 1.807) is 0 Å². The van der Waals surface area contributed by atoms with E-state index in [0.29, 0.717) is 17.8 Å². The van der Waals surface area contributed by atoms with Gasteiger partial charge in [0.2, 0.25) is 0 Å². The molecule has 0 spiro atoms. The Bertz CT molecular complexity index is 187. The van der Waals surface area contributed by atoms with Crippen molar-refractivity contribution >= 4 is 0 Å². The van der Waals surface area contributed by atoms with E-state index in [0.717, 1.165) is 13.1 Å². The average molecular weight is 242 g/mol. The summed E-state index contributed by atoms with van der Waals surface area (Å²) in [6, 6.07) is 0. The minimum Gasteiger partial charge on any atom is -0.329 e. The summed E-state index contributed by atoms with van der Waals surface area (Å²) in [6.45, 7) is 15.7. The highest BCUT2D eigenvalue weighted by molar-refractivity contribution is 4.92. The lowest BCUT2D eigenvalue weighted by Gasteiger charge is -2.44. The van der Waals surface area contributed by atoms with E-state index in [1.807, 2.05) is 0 Å². The van der Waals surface area contributed by atoms with E-state index in [1.165, 1.54) is 12.8 Å². The Hall–Kier alpha value is -0.0800. The summed E-state index contributed by atoms with van der Waals surface area (Å²) in [6.07, 6.45) is 2.40. The monoisotopic (exact) mass is 242 g/mol. The van der Waals surface area contributed by atoms with E-state index in [2.05, 4.69) is 53.5 Å². The Balaban J connectivity index is 4.88. The molecule has 0 rings (SSSR count). The van der Waals surface area contributed by atoms with Crippen molar-refractivity contribution in [2.24, 2.45) is 23.5 Å². The maximum Gasteiger partial charge on any atom is 0.0333 e. The van der Waals surface area contributed by atoms with Crippen molar-refractivity contribution in [2.75, 3.05) is 20.1 Å². The van der Waals surface area contributed by atoms with Gasteiger partial charge in [-0.3, -0.25) is 4.90 Å². The number of nitrogens with zero attached hydrogens (tertiary/aromatic N) is 1. The van der Waals surface area contributed by atoms with Crippen molar-refractivity contribution in [3.63, 3.8) is 0 Å². The number of hydrogen-bond acceptors (Lipinski definition) is 2. The van der Waals surface area contributed by atoms with Crippen LogP contribution in [0.25, 0.3) is 0 Å². The highest BCUT2D eigenvalue weighted by Gasteiger charge is 2.34. The maximum absolute atomic E-state index is 6.14. The predicted octanol–water partition coefficient (Wildman–Crippen LogP) is 3.36. The first-order valence-electron chi connectivity index (χ1n) is 7.14. The summed E-state index contributed by atoms with van der Waals surface area (Å²) in [7, 11) is 2.25. The summed E-state index contributed by atoms with van der Waals surface area (Å²) in [4.78, 5) is 2.51. The minimum absolute atomic E-state index is 0.187. The molecular formula is C15H34N2. The quantitative estimate of drug-likeness (QED) is 0.707. The van der Waals surface area contributed by atoms with Gasteiger partial charge in [-0.25, -0.2) is 0 Å². The van der Waals surface area contributed by atoms with Gasteiger partial charge in [-0.15, -0.1) is 0 Å². The fourth-order valence-corrected chi connectivity index (χ4v) is 2.98. The summed E-state index contributed by atoms with van der Waals surface area (Å²) < 4.78 is 0.